The molecule has 148 valence electrons. The van der Waals surface area contributed by atoms with Crippen molar-refractivity contribution in [3.63, 3.8) is 0 Å². The number of nitrogens with zero attached hydrogens (tertiary/aromatic N) is 5. The van der Waals surface area contributed by atoms with E-state index in [-0.39, 0.29) is 5.69 Å². The highest BCUT2D eigenvalue weighted by Crippen LogP contribution is 2.11. The Morgan fingerprint density at radius 3 is 2.46 bits per heavy atom. The molecule has 3 aromatic heterocycles. The van der Waals surface area contributed by atoms with E-state index >= 15 is 0 Å². The molecule has 0 unspecified atom stereocenters. The van der Waals surface area contributed by atoms with Crippen molar-refractivity contribution in [3.8, 4) is 5.69 Å². The summed E-state index contributed by atoms with van der Waals surface area (Å²) in [6.07, 6.45) is 7.09. The molecular weight excluding hydrogens is 356 g/mol. The van der Waals surface area contributed by atoms with E-state index < -0.39 is 5.97 Å². The van der Waals surface area contributed by atoms with Gasteiger partial charge in [0, 0.05) is 23.6 Å². The average molecular weight is 382 g/mol. The highest BCUT2D eigenvalue weighted by Gasteiger charge is 2.14. The predicted molar refractivity (Wildman–Crippen MR) is 107 cm³/mol. The largest absolute Gasteiger partial charge is 0.476 e. The lowest BCUT2D eigenvalue weighted by Crippen LogP contribution is -2.21. The topological polar surface area (TPSA) is 106 Å². The number of carbonyl (C=O) groups is 1. The second kappa shape index (κ2) is 10.3. The summed E-state index contributed by atoms with van der Waals surface area (Å²) >= 11 is 0. The predicted octanol–water partition coefficient (Wildman–Crippen LogP) is 2.60. The number of nitrogens with one attached hydrogen (secondary N) is 1. The fraction of sp³-hybridized carbons (Fsp3) is 0.350. The zero-order valence-electron chi connectivity index (χ0n) is 16.6. The zero-order chi connectivity index (χ0) is 20.5. The van der Waals surface area contributed by atoms with Crippen LogP contribution in [0.4, 0.5) is 0 Å². The number of pyridine rings is 2. The molecule has 0 bridgehead atoms. The zero-order valence-corrected chi connectivity index (χ0v) is 16.6. The third-order valence-corrected chi connectivity index (χ3v) is 4.15. The molecule has 3 heterocycles. The fourth-order valence-electron chi connectivity index (χ4n) is 2.36. The molecule has 0 spiro atoms. The van der Waals surface area contributed by atoms with E-state index in [0.717, 1.165) is 12.8 Å². The SMILES string of the molecule is CN[C@@H](C)CCc1ccc(C)cn1.Cc1ccc(-n2nccn2)c(C(=O)O)n1. The number of rotatable bonds is 6. The maximum Gasteiger partial charge on any atom is 0.356 e. The maximum atomic E-state index is 10.9. The molecule has 0 amide bonds. The molecule has 28 heavy (non-hydrogen) atoms. The fourth-order valence-corrected chi connectivity index (χ4v) is 2.36. The Balaban J connectivity index is 0.000000203. The molecule has 0 saturated heterocycles. The van der Waals surface area contributed by atoms with Gasteiger partial charge in [-0.3, -0.25) is 4.98 Å². The Labute approximate surface area is 164 Å². The Hall–Kier alpha value is -3.13. The van der Waals surface area contributed by atoms with Gasteiger partial charge in [0.05, 0.1) is 12.4 Å². The highest BCUT2D eigenvalue weighted by molar-refractivity contribution is 5.89. The monoisotopic (exact) mass is 382 g/mol. The molecule has 0 aliphatic rings. The molecule has 0 fully saturated rings. The number of carboxylic acid groups (broad SMARTS) is 1. The summed E-state index contributed by atoms with van der Waals surface area (Å²) in [6.45, 7) is 5.98. The van der Waals surface area contributed by atoms with Gasteiger partial charge in [0.1, 0.15) is 5.69 Å². The molecule has 8 nitrogen and oxygen atoms in total. The van der Waals surface area contributed by atoms with Crippen molar-refractivity contribution in [3.05, 3.63) is 65.5 Å². The normalized spacial score (nSPS) is 11.4. The number of aryl methyl sites for hydroxylation is 3. The van der Waals surface area contributed by atoms with Crippen molar-refractivity contribution in [2.75, 3.05) is 7.05 Å². The minimum atomic E-state index is -1.09. The number of aromatic carboxylic acids is 1. The van der Waals surface area contributed by atoms with Gasteiger partial charge in [-0.25, -0.2) is 9.78 Å². The lowest BCUT2D eigenvalue weighted by Gasteiger charge is -2.08. The second-order valence-electron chi connectivity index (χ2n) is 6.50. The molecule has 0 aliphatic heterocycles. The van der Waals surface area contributed by atoms with Gasteiger partial charge in [0.15, 0.2) is 5.69 Å². The van der Waals surface area contributed by atoms with Crippen LogP contribution in [0.5, 0.6) is 0 Å². The number of hydrogen-bond acceptors (Lipinski definition) is 6. The molecule has 8 heteroatoms. The maximum absolute atomic E-state index is 10.9. The van der Waals surface area contributed by atoms with Gasteiger partial charge in [0.2, 0.25) is 0 Å². The first-order chi connectivity index (χ1) is 13.4. The molecule has 3 rings (SSSR count). The van der Waals surface area contributed by atoms with Gasteiger partial charge >= 0.3 is 5.97 Å². The molecule has 0 saturated carbocycles. The van der Waals surface area contributed by atoms with Crippen LogP contribution in [0, 0.1) is 13.8 Å². The average Bonchev–Trinajstić information content (AvgIpc) is 3.22. The van der Waals surface area contributed by atoms with Crippen LogP contribution in [0.2, 0.25) is 0 Å². The summed E-state index contributed by atoms with van der Waals surface area (Å²) in [6, 6.07) is 8.14. The van der Waals surface area contributed by atoms with Crippen LogP contribution in [0.1, 0.15) is 40.8 Å². The Kier molecular flexibility index (Phi) is 7.76. The summed E-state index contributed by atoms with van der Waals surface area (Å²) in [5.41, 5.74) is 3.37. The first kappa shape index (κ1) is 21.2. The van der Waals surface area contributed by atoms with Crippen LogP contribution in [-0.2, 0) is 6.42 Å². The molecule has 2 N–H and O–H groups in total. The lowest BCUT2D eigenvalue weighted by molar-refractivity contribution is 0.0690. The molecule has 0 aromatic carbocycles. The third-order valence-electron chi connectivity index (χ3n) is 4.15. The second-order valence-corrected chi connectivity index (χ2v) is 6.50. The van der Waals surface area contributed by atoms with Crippen molar-refractivity contribution in [1.82, 2.24) is 30.3 Å². The van der Waals surface area contributed by atoms with E-state index in [9.17, 15) is 4.79 Å². The summed E-state index contributed by atoms with van der Waals surface area (Å²) in [7, 11) is 1.99. The van der Waals surface area contributed by atoms with Crippen LogP contribution in [0.25, 0.3) is 5.69 Å². The van der Waals surface area contributed by atoms with E-state index in [2.05, 4.69) is 51.5 Å². The Morgan fingerprint density at radius 2 is 1.89 bits per heavy atom. The molecule has 0 aliphatic carbocycles. The quantitative estimate of drug-likeness (QED) is 0.675. The molecular formula is C20H26N6O2. The summed E-state index contributed by atoms with van der Waals surface area (Å²) in [5, 5.41) is 19.9. The number of aromatic nitrogens is 5. The van der Waals surface area contributed by atoms with Crippen molar-refractivity contribution in [2.24, 2.45) is 0 Å². The van der Waals surface area contributed by atoms with E-state index in [4.69, 9.17) is 5.11 Å². The Morgan fingerprint density at radius 1 is 1.18 bits per heavy atom. The minimum Gasteiger partial charge on any atom is -0.476 e. The van der Waals surface area contributed by atoms with Crippen LogP contribution < -0.4 is 5.32 Å². The lowest BCUT2D eigenvalue weighted by atomic mass is 10.1. The molecule has 1 atom stereocenters. The minimum absolute atomic E-state index is 0.0498. The smallest absolute Gasteiger partial charge is 0.356 e. The summed E-state index contributed by atoms with van der Waals surface area (Å²) in [5.74, 6) is -1.09. The van der Waals surface area contributed by atoms with Crippen molar-refractivity contribution in [2.45, 2.75) is 39.7 Å². The van der Waals surface area contributed by atoms with Crippen molar-refractivity contribution in [1.29, 1.82) is 0 Å². The van der Waals surface area contributed by atoms with Crippen molar-refractivity contribution >= 4 is 5.97 Å². The van der Waals surface area contributed by atoms with Gasteiger partial charge in [0.25, 0.3) is 0 Å². The standard InChI is InChI=1S/C11H18N2.C9H8N4O2/c1-9-4-6-11(13-8-9)7-5-10(2)12-3;1-6-2-3-7(8(12-6)9(14)15)13-10-4-5-11-13/h4,6,8,10,12H,5,7H2,1-3H3;2-5H,1H3,(H,14,15)/t10-;/m0./s1. The van der Waals surface area contributed by atoms with Crippen LogP contribution in [0.15, 0.2) is 42.9 Å². The summed E-state index contributed by atoms with van der Waals surface area (Å²) < 4.78 is 0. The van der Waals surface area contributed by atoms with E-state index in [1.54, 1.807) is 19.1 Å². The van der Waals surface area contributed by atoms with Gasteiger partial charge in [-0.1, -0.05) is 6.07 Å². The van der Waals surface area contributed by atoms with Crippen LogP contribution in [0.3, 0.4) is 0 Å². The van der Waals surface area contributed by atoms with Gasteiger partial charge < -0.3 is 10.4 Å². The van der Waals surface area contributed by atoms with Gasteiger partial charge in [-0.15, -0.1) is 4.80 Å². The molecule has 3 aromatic rings. The number of carboxylic acids is 1. The van der Waals surface area contributed by atoms with E-state index in [0.29, 0.717) is 17.4 Å². The third kappa shape index (κ3) is 6.24. The van der Waals surface area contributed by atoms with Crippen LogP contribution in [-0.4, -0.2) is 49.1 Å². The first-order valence-electron chi connectivity index (χ1n) is 9.07. The van der Waals surface area contributed by atoms with Gasteiger partial charge in [-0.05, 0) is 64.4 Å². The summed E-state index contributed by atoms with van der Waals surface area (Å²) in [4.78, 5) is 20.5. The molecule has 0 radical (unpaired) electrons. The van der Waals surface area contributed by atoms with E-state index in [1.807, 2.05) is 13.2 Å². The van der Waals surface area contributed by atoms with Gasteiger partial charge in [-0.2, -0.15) is 10.2 Å². The van der Waals surface area contributed by atoms with Crippen molar-refractivity contribution < 1.29 is 9.90 Å². The Bertz CT molecular complexity index is 878. The highest BCUT2D eigenvalue weighted by atomic mass is 16.4. The first-order valence-corrected chi connectivity index (χ1v) is 9.07. The van der Waals surface area contributed by atoms with Crippen LogP contribution >= 0.6 is 0 Å². The number of hydrogen-bond donors (Lipinski definition) is 2. The van der Waals surface area contributed by atoms with E-state index in [1.165, 1.54) is 28.4 Å².